The van der Waals surface area contributed by atoms with Crippen molar-refractivity contribution in [2.24, 2.45) is 0 Å². The highest BCUT2D eigenvalue weighted by atomic mass is 16.5. The second-order valence-electron chi connectivity index (χ2n) is 7.02. The van der Waals surface area contributed by atoms with E-state index in [1.165, 1.54) is 0 Å². The predicted octanol–water partition coefficient (Wildman–Crippen LogP) is 5.51. The Kier molecular flexibility index (Phi) is 5.61. The minimum Gasteiger partial charge on any atom is -0.497 e. The monoisotopic (exact) mass is 398 g/mol. The van der Waals surface area contributed by atoms with Crippen molar-refractivity contribution in [1.82, 2.24) is 4.98 Å². The van der Waals surface area contributed by atoms with Gasteiger partial charge in [0.15, 0.2) is 0 Å². The Morgan fingerprint density at radius 2 is 1.83 bits per heavy atom. The number of nitrogens with zero attached hydrogens (tertiary/aromatic N) is 1. The van der Waals surface area contributed by atoms with Crippen LogP contribution < -0.4 is 10.1 Å². The van der Waals surface area contributed by atoms with Crippen LogP contribution >= 0.6 is 0 Å². The summed E-state index contributed by atoms with van der Waals surface area (Å²) in [6, 6.07) is 21.5. The lowest BCUT2D eigenvalue weighted by Gasteiger charge is -2.10. The van der Waals surface area contributed by atoms with Gasteiger partial charge in [0.25, 0.3) is 0 Å². The number of carbonyl (C=O) groups is 1. The number of benzene rings is 3. The molecule has 1 N–H and O–H groups in total. The fourth-order valence-corrected chi connectivity index (χ4v) is 3.34. The normalized spacial score (nSPS) is 10.6. The summed E-state index contributed by atoms with van der Waals surface area (Å²) >= 11 is 0. The average molecular weight is 398 g/mol. The largest absolute Gasteiger partial charge is 0.497 e. The molecule has 0 aliphatic heterocycles. The smallest absolute Gasteiger partial charge is 0.228 e. The molecule has 1 heterocycles. The third-order valence-corrected chi connectivity index (χ3v) is 4.90. The van der Waals surface area contributed by atoms with E-state index in [9.17, 15) is 4.79 Å². The molecule has 3 aromatic carbocycles. The molecule has 0 unspecified atom stereocenters. The van der Waals surface area contributed by atoms with Crippen molar-refractivity contribution >= 4 is 11.6 Å². The highest BCUT2D eigenvalue weighted by Gasteiger charge is 2.09. The summed E-state index contributed by atoms with van der Waals surface area (Å²) in [5, 5.41) is 2.95. The molecule has 0 aliphatic rings. The number of aromatic nitrogens is 1. The minimum atomic E-state index is -0.0712. The lowest BCUT2D eigenvalue weighted by molar-refractivity contribution is -0.115. The van der Waals surface area contributed by atoms with E-state index >= 15 is 0 Å². The number of carbonyl (C=O) groups excluding carboxylic acids is 1. The number of anilines is 1. The molecule has 0 atom stereocenters. The second kappa shape index (κ2) is 8.66. The Bertz CT molecular complexity index is 1150. The van der Waals surface area contributed by atoms with E-state index in [1.807, 2.05) is 54.6 Å². The van der Waals surface area contributed by atoms with Crippen LogP contribution in [0.15, 0.2) is 83.6 Å². The van der Waals surface area contributed by atoms with E-state index < -0.39 is 0 Å². The molecule has 0 saturated heterocycles. The molecule has 0 aliphatic carbocycles. The van der Waals surface area contributed by atoms with Gasteiger partial charge in [0.2, 0.25) is 11.8 Å². The Balaban J connectivity index is 1.48. The van der Waals surface area contributed by atoms with Gasteiger partial charge in [0.05, 0.1) is 19.7 Å². The quantitative estimate of drug-likeness (QED) is 0.465. The Hall–Kier alpha value is -3.86. The fraction of sp³-hybridized carbons (Fsp3) is 0.120. The van der Waals surface area contributed by atoms with Crippen molar-refractivity contribution in [3.63, 3.8) is 0 Å². The summed E-state index contributed by atoms with van der Waals surface area (Å²) in [4.78, 5) is 16.6. The van der Waals surface area contributed by atoms with Gasteiger partial charge in [0.1, 0.15) is 12.0 Å². The zero-order valence-electron chi connectivity index (χ0n) is 16.9. The molecule has 1 aromatic heterocycles. The van der Waals surface area contributed by atoms with E-state index in [0.29, 0.717) is 5.89 Å². The van der Waals surface area contributed by atoms with E-state index in [2.05, 4.69) is 29.4 Å². The molecule has 4 aromatic rings. The van der Waals surface area contributed by atoms with Crippen LogP contribution in [-0.2, 0) is 11.2 Å². The second-order valence-corrected chi connectivity index (χ2v) is 7.02. The number of ether oxygens (including phenoxy) is 1. The first-order chi connectivity index (χ1) is 14.6. The molecule has 0 fully saturated rings. The topological polar surface area (TPSA) is 64.4 Å². The number of amides is 1. The molecule has 0 radical (unpaired) electrons. The third kappa shape index (κ3) is 4.41. The van der Waals surface area contributed by atoms with Gasteiger partial charge < -0.3 is 14.5 Å². The number of hydrogen-bond donors (Lipinski definition) is 1. The maximum atomic E-state index is 12.4. The van der Waals surface area contributed by atoms with Gasteiger partial charge in [-0.25, -0.2) is 4.98 Å². The molecule has 5 nitrogen and oxygen atoms in total. The molecule has 0 saturated carbocycles. The predicted molar refractivity (Wildman–Crippen MR) is 117 cm³/mol. The van der Waals surface area contributed by atoms with Crippen LogP contribution in [0.5, 0.6) is 5.75 Å². The van der Waals surface area contributed by atoms with Crippen LogP contribution in [0.3, 0.4) is 0 Å². The number of oxazole rings is 1. The number of aryl methyl sites for hydroxylation is 1. The molecule has 4 rings (SSSR count). The van der Waals surface area contributed by atoms with Crippen molar-refractivity contribution in [1.29, 1.82) is 0 Å². The lowest BCUT2D eigenvalue weighted by Crippen LogP contribution is -2.14. The maximum Gasteiger partial charge on any atom is 0.228 e. The first-order valence-corrected chi connectivity index (χ1v) is 9.66. The molecule has 0 spiro atoms. The molecule has 30 heavy (non-hydrogen) atoms. The van der Waals surface area contributed by atoms with E-state index in [-0.39, 0.29) is 12.3 Å². The minimum absolute atomic E-state index is 0.0712. The van der Waals surface area contributed by atoms with E-state index in [1.54, 1.807) is 19.6 Å². The van der Waals surface area contributed by atoms with Gasteiger partial charge in [-0.05, 0) is 65.6 Å². The first-order valence-electron chi connectivity index (χ1n) is 9.66. The molecular formula is C25H22N2O3. The summed E-state index contributed by atoms with van der Waals surface area (Å²) in [7, 11) is 1.61. The van der Waals surface area contributed by atoms with E-state index in [0.717, 1.165) is 39.3 Å². The standard InChI is InChI=1S/C25H22N2O3/c1-17-6-7-20(25-26-12-13-30-25)16-23(17)19-8-10-21(11-9-19)27-24(28)15-18-4-3-5-22(14-18)29-2/h3-14,16H,15H2,1-2H3,(H,27,28). The number of methoxy groups -OCH3 is 1. The fourth-order valence-electron chi connectivity index (χ4n) is 3.34. The van der Waals surface area contributed by atoms with Crippen molar-refractivity contribution < 1.29 is 13.9 Å². The summed E-state index contributed by atoms with van der Waals surface area (Å²) in [6.45, 7) is 2.07. The van der Waals surface area contributed by atoms with Crippen molar-refractivity contribution in [2.75, 3.05) is 12.4 Å². The highest BCUT2D eigenvalue weighted by Crippen LogP contribution is 2.29. The van der Waals surface area contributed by atoms with Crippen LogP contribution in [0.4, 0.5) is 5.69 Å². The van der Waals surface area contributed by atoms with Crippen LogP contribution in [0.2, 0.25) is 0 Å². The average Bonchev–Trinajstić information content (AvgIpc) is 3.30. The Morgan fingerprint density at radius 3 is 2.57 bits per heavy atom. The maximum absolute atomic E-state index is 12.4. The van der Waals surface area contributed by atoms with Gasteiger partial charge in [-0.1, -0.05) is 30.3 Å². The molecule has 5 heteroatoms. The SMILES string of the molecule is COc1cccc(CC(=O)Nc2ccc(-c3cc(-c4ncco4)ccc3C)cc2)c1. The van der Waals surface area contributed by atoms with Crippen molar-refractivity contribution in [3.8, 4) is 28.3 Å². The van der Waals surface area contributed by atoms with E-state index in [4.69, 9.17) is 9.15 Å². The van der Waals surface area contributed by atoms with Crippen LogP contribution in [-0.4, -0.2) is 18.0 Å². The van der Waals surface area contributed by atoms with Crippen molar-refractivity contribution in [3.05, 3.63) is 90.3 Å². The lowest BCUT2D eigenvalue weighted by atomic mass is 9.98. The van der Waals surface area contributed by atoms with Crippen molar-refractivity contribution in [2.45, 2.75) is 13.3 Å². The van der Waals surface area contributed by atoms with Crippen LogP contribution in [0.25, 0.3) is 22.6 Å². The number of hydrogen-bond acceptors (Lipinski definition) is 4. The van der Waals surface area contributed by atoms with Gasteiger partial charge in [-0.15, -0.1) is 0 Å². The molecule has 1 amide bonds. The number of nitrogens with one attached hydrogen (secondary N) is 1. The van der Waals surface area contributed by atoms with Gasteiger partial charge in [0, 0.05) is 11.3 Å². The highest BCUT2D eigenvalue weighted by molar-refractivity contribution is 5.92. The summed E-state index contributed by atoms with van der Waals surface area (Å²) in [5.41, 5.74) is 5.90. The zero-order chi connectivity index (χ0) is 20.9. The summed E-state index contributed by atoms with van der Waals surface area (Å²) in [5.74, 6) is 1.27. The zero-order valence-corrected chi connectivity index (χ0v) is 16.9. The summed E-state index contributed by atoms with van der Waals surface area (Å²) in [6.07, 6.45) is 3.49. The molecule has 0 bridgehead atoms. The van der Waals surface area contributed by atoms with Gasteiger partial charge in [-0.2, -0.15) is 0 Å². The van der Waals surface area contributed by atoms with Gasteiger partial charge in [-0.3, -0.25) is 4.79 Å². The summed E-state index contributed by atoms with van der Waals surface area (Å²) < 4.78 is 10.6. The van der Waals surface area contributed by atoms with Crippen LogP contribution in [0, 0.1) is 6.92 Å². The molecular weight excluding hydrogens is 376 g/mol. The third-order valence-electron chi connectivity index (χ3n) is 4.90. The molecule has 150 valence electrons. The Labute approximate surface area is 175 Å². The van der Waals surface area contributed by atoms with Gasteiger partial charge >= 0.3 is 0 Å². The number of rotatable bonds is 6. The first kappa shape index (κ1) is 19.5. The Morgan fingerprint density at radius 1 is 1.03 bits per heavy atom. The van der Waals surface area contributed by atoms with Crippen LogP contribution in [0.1, 0.15) is 11.1 Å².